The van der Waals surface area contributed by atoms with E-state index in [1.807, 2.05) is 31.6 Å². The molecule has 0 aliphatic heterocycles. The number of nitrogens with zero attached hydrogens (tertiary/aromatic N) is 3. The van der Waals surface area contributed by atoms with E-state index in [9.17, 15) is 0 Å². The second-order valence-electron chi connectivity index (χ2n) is 4.07. The van der Waals surface area contributed by atoms with Gasteiger partial charge in [-0.1, -0.05) is 6.92 Å². The molecule has 2 aromatic heterocycles. The monoisotopic (exact) mass is 246 g/mol. The van der Waals surface area contributed by atoms with Crippen LogP contribution in [0.25, 0.3) is 0 Å². The maximum absolute atomic E-state index is 5.63. The van der Waals surface area contributed by atoms with Crippen molar-refractivity contribution in [1.29, 1.82) is 0 Å². The Labute approximate surface area is 107 Å². The largest absolute Gasteiger partial charge is 0.490 e. The zero-order valence-corrected chi connectivity index (χ0v) is 10.8. The summed E-state index contributed by atoms with van der Waals surface area (Å²) in [5.41, 5.74) is 1.12. The first kappa shape index (κ1) is 12.4. The number of aromatic nitrogens is 3. The molecular weight excluding hydrogens is 228 g/mol. The molecule has 1 N–H and O–H groups in total. The first-order valence-electron chi connectivity index (χ1n) is 6.09. The van der Waals surface area contributed by atoms with Gasteiger partial charge in [0, 0.05) is 31.5 Å². The van der Waals surface area contributed by atoms with E-state index < -0.39 is 0 Å². The van der Waals surface area contributed by atoms with Gasteiger partial charge in [-0.25, -0.2) is 4.98 Å². The van der Waals surface area contributed by atoms with Crippen LogP contribution in [0.5, 0.6) is 5.75 Å². The highest BCUT2D eigenvalue weighted by Crippen LogP contribution is 2.21. The lowest BCUT2D eigenvalue weighted by Crippen LogP contribution is -2.04. The maximum Gasteiger partial charge on any atom is 0.169 e. The fourth-order valence-electron chi connectivity index (χ4n) is 1.60. The molecule has 0 saturated heterocycles. The van der Waals surface area contributed by atoms with E-state index in [2.05, 4.69) is 22.3 Å². The predicted molar refractivity (Wildman–Crippen MR) is 70.6 cm³/mol. The van der Waals surface area contributed by atoms with Crippen LogP contribution in [0.4, 0.5) is 5.82 Å². The van der Waals surface area contributed by atoms with Gasteiger partial charge in [-0.3, -0.25) is 4.68 Å². The molecular formula is C13H18N4O. The molecule has 5 heteroatoms. The molecule has 2 aromatic rings. The zero-order chi connectivity index (χ0) is 12.8. The van der Waals surface area contributed by atoms with Gasteiger partial charge in [-0.2, -0.15) is 5.10 Å². The summed E-state index contributed by atoms with van der Waals surface area (Å²) in [7, 11) is 1.90. The third kappa shape index (κ3) is 3.23. The first-order valence-corrected chi connectivity index (χ1v) is 6.09. The lowest BCUT2D eigenvalue weighted by Gasteiger charge is -2.10. The molecule has 0 radical (unpaired) electrons. The molecule has 0 fully saturated rings. The number of ether oxygens (including phenoxy) is 1. The maximum atomic E-state index is 5.63. The second kappa shape index (κ2) is 6.05. The van der Waals surface area contributed by atoms with Gasteiger partial charge in [0.15, 0.2) is 11.6 Å². The second-order valence-corrected chi connectivity index (χ2v) is 4.07. The molecule has 2 rings (SSSR count). The molecule has 5 nitrogen and oxygen atoms in total. The van der Waals surface area contributed by atoms with E-state index in [0.29, 0.717) is 13.2 Å². The highest BCUT2D eigenvalue weighted by atomic mass is 16.5. The summed E-state index contributed by atoms with van der Waals surface area (Å²) in [6.45, 7) is 3.47. The van der Waals surface area contributed by atoms with Crippen LogP contribution in [-0.4, -0.2) is 21.4 Å². The van der Waals surface area contributed by atoms with Crippen LogP contribution in [0.3, 0.4) is 0 Å². The number of anilines is 1. The van der Waals surface area contributed by atoms with Gasteiger partial charge in [0.2, 0.25) is 0 Å². The lowest BCUT2D eigenvalue weighted by molar-refractivity contribution is 0.318. The predicted octanol–water partition coefficient (Wildman–Crippen LogP) is 2.22. The molecule has 0 atom stereocenters. The topological polar surface area (TPSA) is 52.0 Å². The third-order valence-corrected chi connectivity index (χ3v) is 2.45. The Kier molecular flexibility index (Phi) is 4.17. The van der Waals surface area contributed by atoms with Gasteiger partial charge < -0.3 is 10.1 Å². The molecule has 0 amide bonds. The molecule has 0 spiro atoms. The van der Waals surface area contributed by atoms with Crippen molar-refractivity contribution in [1.82, 2.24) is 14.8 Å². The van der Waals surface area contributed by atoms with Crippen LogP contribution >= 0.6 is 0 Å². The van der Waals surface area contributed by atoms with E-state index in [1.54, 1.807) is 10.9 Å². The molecule has 0 aliphatic rings. The Bertz CT molecular complexity index is 495. The molecule has 0 aliphatic carbocycles. The van der Waals surface area contributed by atoms with E-state index in [0.717, 1.165) is 23.6 Å². The van der Waals surface area contributed by atoms with Crippen molar-refractivity contribution in [2.45, 2.75) is 19.9 Å². The summed E-state index contributed by atoms with van der Waals surface area (Å²) < 4.78 is 7.42. The fraction of sp³-hybridized carbons (Fsp3) is 0.385. The highest BCUT2D eigenvalue weighted by molar-refractivity contribution is 5.49. The standard InChI is InChI=1S/C13H18N4O/c1-3-7-18-12-5-4-6-14-13(12)15-8-11-9-16-17(2)10-11/h4-6,9-10H,3,7-8H2,1-2H3,(H,14,15). The summed E-state index contributed by atoms with van der Waals surface area (Å²) in [6.07, 6.45) is 6.55. The van der Waals surface area contributed by atoms with E-state index in [-0.39, 0.29) is 0 Å². The number of hydrogen-bond acceptors (Lipinski definition) is 4. The van der Waals surface area contributed by atoms with Crippen molar-refractivity contribution in [2.75, 3.05) is 11.9 Å². The van der Waals surface area contributed by atoms with Gasteiger partial charge in [0.05, 0.1) is 12.8 Å². The SMILES string of the molecule is CCCOc1cccnc1NCc1cnn(C)c1. The molecule has 0 unspecified atom stereocenters. The minimum atomic E-state index is 0.688. The van der Waals surface area contributed by atoms with Gasteiger partial charge in [0.25, 0.3) is 0 Å². The minimum absolute atomic E-state index is 0.688. The molecule has 18 heavy (non-hydrogen) atoms. The van der Waals surface area contributed by atoms with Crippen LogP contribution in [-0.2, 0) is 13.6 Å². The molecule has 0 aromatic carbocycles. The Morgan fingerprint density at radius 3 is 3.06 bits per heavy atom. The van der Waals surface area contributed by atoms with E-state index in [4.69, 9.17) is 4.74 Å². The van der Waals surface area contributed by atoms with Crippen LogP contribution in [0.1, 0.15) is 18.9 Å². The first-order chi connectivity index (χ1) is 8.79. The Balaban J connectivity index is 1.99. The molecule has 0 saturated carbocycles. The Morgan fingerprint density at radius 2 is 2.33 bits per heavy atom. The van der Waals surface area contributed by atoms with Crippen LogP contribution < -0.4 is 10.1 Å². The van der Waals surface area contributed by atoms with Gasteiger partial charge in [-0.05, 0) is 18.6 Å². The van der Waals surface area contributed by atoms with Crippen molar-refractivity contribution >= 4 is 5.82 Å². The summed E-state index contributed by atoms with van der Waals surface area (Å²) in [5, 5.41) is 7.39. The summed E-state index contributed by atoms with van der Waals surface area (Å²) >= 11 is 0. The lowest BCUT2D eigenvalue weighted by atomic mass is 10.3. The van der Waals surface area contributed by atoms with Crippen molar-refractivity contribution in [3.63, 3.8) is 0 Å². The molecule has 0 bridgehead atoms. The smallest absolute Gasteiger partial charge is 0.169 e. The summed E-state index contributed by atoms with van der Waals surface area (Å²) in [4.78, 5) is 4.29. The van der Waals surface area contributed by atoms with Gasteiger partial charge >= 0.3 is 0 Å². The fourth-order valence-corrected chi connectivity index (χ4v) is 1.60. The Hall–Kier alpha value is -2.04. The van der Waals surface area contributed by atoms with E-state index >= 15 is 0 Å². The van der Waals surface area contributed by atoms with Crippen molar-refractivity contribution < 1.29 is 4.74 Å². The molecule has 96 valence electrons. The number of nitrogens with one attached hydrogen (secondary N) is 1. The molecule has 2 heterocycles. The third-order valence-electron chi connectivity index (χ3n) is 2.45. The minimum Gasteiger partial charge on any atom is -0.490 e. The van der Waals surface area contributed by atoms with Crippen LogP contribution in [0.2, 0.25) is 0 Å². The quantitative estimate of drug-likeness (QED) is 0.849. The summed E-state index contributed by atoms with van der Waals surface area (Å²) in [5.74, 6) is 1.57. The zero-order valence-electron chi connectivity index (χ0n) is 10.8. The van der Waals surface area contributed by atoms with Crippen molar-refractivity contribution in [3.8, 4) is 5.75 Å². The van der Waals surface area contributed by atoms with Crippen LogP contribution in [0, 0.1) is 0 Å². The average molecular weight is 246 g/mol. The number of rotatable bonds is 6. The Morgan fingerprint density at radius 1 is 1.44 bits per heavy atom. The van der Waals surface area contributed by atoms with E-state index in [1.165, 1.54) is 0 Å². The van der Waals surface area contributed by atoms with Gasteiger partial charge in [0.1, 0.15) is 0 Å². The average Bonchev–Trinajstić information content (AvgIpc) is 2.81. The number of hydrogen-bond donors (Lipinski definition) is 1. The number of pyridine rings is 1. The van der Waals surface area contributed by atoms with Crippen molar-refractivity contribution in [3.05, 3.63) is 36.3 Å². The van der Waals surface area contributed by atoms with Crippen molar-refractivity contribution in [2.24, 2.45) is 7.05 Å². The highest BCUT2D eigenvalue weighted by Gasteiger charge is 2.04. The van der Waals surface area contributed by atoms with Crippen LogP contribution in [0.15, 0.2) is 30.7 Å². The van der Waals surface area contributed by atoms with Gasteiger partial charge in [-0.15, -0.1) is 0 Å². The number of aryl methyl sites for hydroxylation is 1. The normalized spacial score (nSPS) is 10.3. The summed E-state index contributed by atoms with van der Waals surface area (Å²) in [6, 6.07) is 3.80.